The second-order valence-electron chi connectivity index (χ2n) is 5.32. The summed E-state index contributed by atoms with van der Waals surface area (Å²) in [7, 11) is 4.09. The molecule has 0 aliphatic heterocycles. The molecule has 0 radical (unpaired) electrons. The van der Waals surface area contributed by atoms with Gasteiger partial charge in [0.05, 0.1) is 0 Å². The van der Waals surface area contributed by atoms with Gasteiger partial charge in [0.1, 0.15) is 11.6 Å². The first-order chi connectivity index (χ1) is 8.74. The fourth-order valence-corrected chi connectivity index (χ4v) is 2.89. The van der Waals surface area contributed by atoms with Crippen molar-refractivity contribution in [3.63, 3.8) is 0 Å². The molecule has 1 N–H and O–H groups in total. The largest absolute Gasteiger partial charge is 0.373 e. The summed E-state index contributed by atoms with van der Waals surface area (Å²) < 4.78 is 0. The van der Waals surface area contributed by atoms with E-state index < -0.39 is 0 Å². The number of rotatable bonds is 4. The van der Waals surface area contributed by atoms with Crippen molar-refractivity contribution >= 4 is 11.6 Å². The van der Waals surface area contributed by atoms with Gasteiger partial charge in [-0.2, -0.15) is 0 Å². The zero-order valence-corrected chi connectivity index (χ0v) is 11.8. The molecule has 1 aromatic rings. The van der Waals surface area contributed by atoms with Crippen molar-refractivity contribution in [2.75, 3.05) is 24.3 Å². The maximum atomic E-state index is 4.62. The van der Waals surface area contributed by atoms with Gasteiger partial charge in [-0.15, -0.1) is 0 Å². The van der Waals surface area contributed by atoms with Crippen molar-refractivity contribution in [3.8, 4) is 0 Å². The van der Waals surface area contributed by atoms with Crippen LogP contribution in [0.1, 0.15) is 39.0 Å². The van der Waals surface area contributed by atoms with Gasteiger partial charge in [-0.1, -0.05) is 19.4 Å². The Bertz CT molecular complexity index is 370. The third-order valence-corrected chi connectivity index (χ3v) is 4.29. The first-order valence-electron chi connectivity index (χ1n) is 7.12. The minimum absolute atomic E-state index is 0.660. The zero-order valence-electron chi connectivity index (χ0n) is 11.8. The number of nitrogens with one attached hydrogen (secondary N) is 1. The van der Waals surface area contributed by atoms with Crippen molar-refractivity contribution in [3.05, 3.63) is 18.2 Å². The van der Waals surface area contributed by atoms with Gasteiger partial charge in [0.2, 0.25) is 0 Å². The number of hydrogen-bond acceptors (Lipinski definition) is 3. The Morgan fingerprint density at radius 3 is 2.61 bits per heavy atom. The molecule has 0 atom stereocenters. The van der Waals surface area contributed by atoms with Crippen LogP contribution in [-0.2, 0) is 0 Å². The molecule has 2 rings (SSSR count). The molecular formula is C15H25N3. The minimum atomic E-state index is 0.660. The van der Waals surface area contributed by atoms with E-state index in [1.807, 2.05) is 13.1 Å². The fourth-order valence-electron chi connectivity index (χ4n) is 2.89. The van der Waals surface area contributed by atoms with E-state index in [2.05, 4.69) is 41.3 Å². The Morgan fingerprint density at radius 2 is 2.00 bits per heavy atom. The molecule has 0 bridgehead atoms. The van der Waals surface area contributed by atoms with Crippen LogP contribution < -0.4 is 10.2 Å². The topological polar surface area (TPSA) is 28.2 Å². The van der Waals surface area contributed by atoms with Crippen LogP contribution in [0.15, 0.2) is 18.2 Å². The fraction of sp³-hybridized carbons (Fsp3) is 0.667. The van der Waals surface area contributed by atoms with Gasteiger partial charge >= 0.3 is 0 Å². The molecule has 0 aromatic carbocycles. The van der Waals surface area contributed by atoms with E-state index in [0.717, 1.165) is 17.6 Å². The second kappa shape index (κ2) is 6.07. The molecule has 0 spiro atoms. The average Bonchev–Trinajstić information content (AvgIpc) is 2.46. The Balaban J connectivity index is 2.00. The van der Waals surface area contributed by atoms with Crippen molar-refractivity contribution in [2.24, 2.45) is 5.92 Å². The van der Waals surface area contributed by atoms with E-state index in [1.54, 1.807) is 0 Å². The molecular weight excluding hydrogens is 222 g/mol. The predicted molar refractivity (Wildman–Crippen MR) is 78.2 cm³/mol. The normalized spacial score (nSPS) is 23.7. The summed E-state index contributed by atoms with van der Waals surface area (Å²) >= 11 is 0. The maximum absolute atomic E-state index is 4.62. The molecule has 1 saturated carbocycles. The van der Waals surface area contributed by atoms with Crippen LogP contribution in [-0.4, -0.2) is 25.1 Å². The highest BCUT2D eigenvalue weighted by atomic mass is 15.2. The lowest BCUT2D eigenvalue weighted by Crippen LogP contribution is -2.35. The highest BCUT2D eigenvalue weighted by Gasteiger charge is 2.23. The average molecular weight is 247 g/mol. The Morgan fingerprint density at radius 1 is 1.28 bits per heavy atom. The molecule has 3 nitrogen and oxygen atoms in total. The Kier molecular flexibility index (Phi) is 4.45. The SMILES string of the molecule is CCC1CCC(N(C)c2cccc(NC)n2)CC1. The lowest BCUT2D eigenvalue weighted by atomic mass is 9.84. The summed E-state index contributed by atoms with van der Waals surface area (Å²) in [6.07, 6.45) is 6.69. The summed E-state index contributed by atoms with van der Waals surface area (Å²) in [5.41, 5.74) is 0. The van der Waals surface area contributed by atoms with Crippen molar-refractivity contribution < 1.29 is 0 Å². The molecule has 1 aliphatic carbocycles. The van der Waals surface area contributed by atoms with Crippen molar-refractivity contribution in [2.45, 2.75) is 45.1 Å². The molecule has 0 unspecified atom stereocenters. The van der Waals surface area contributed by atoms with Gasteiger partial charge < -0.3 is 10.2 Å². The first-order valence-corrected chi connectivity index (χ1v) is 7.12. The van der Waals surface area contributed by atoms with Crippen LogP contribution in [0.5, 0.6) is 0 Å². The summed E-state index contributed by atoms with van der Waals surface area (Å²) in [5.74, 6) is 2.98. The zero-order chi connectivity index (χ0) is 13.0. The van der Waals surface area contributed by atoms with Crippen LogP contribution in [0.4, 0.5) is 11.6 Å². The molecule has 18 heavy (non-hydrogen) atoms. The number of aromatic nitrogens is 1. The number of pyridine rings is 1. The molecule has 0 amide bonds. The third kappa shape index (κ3) is 2.95. The minimum Gasteiger partial charge on any atom is -0.373 e. The highest BCUT2D eigenvalue weighted by molar-refractivity contribution is 5.46. The Labute approximate surface area is 111 Å². The summed E-state index contributed by atoms with van der Waals surface area (Å²) in [5, 5.41) is 3.10. The second-order valence-corrected chi connectivity index (χ2v) is 5.32. The smallest absolute Gasteiger partial charge is 0.130 e. The molecule has 100 valence electrons. The molecule has 3 heteroatoms. The molecule has 0 saturated heterocycles. The first kappa shape index (κ1) is 13.2. The summed E-state index contributed by atoms with van der Waals surface area (Å²) in [4.78, 5) is 6.97. The lowest BCUT2D eigenvalue weighted by molar-refractivity contribution is 0.313. The lowest BCUT2D eigenvalue weighted by Gasteiger charge is -2.35. The van der Waals surface area contributed by atoms with Crippen LogP contribution in [0, 0.1) is 5.92 Å². The van der Waals surface area contributed by atoms with Gasteiger partial charge in [0, 0.05) is 20.1 Å². The summed E-state index contributed by atoms with van der Waals surface area (Å²) in [6, 6.07) is 6.84. The standard InChI is InChI=1S/C15H25N3/c1-4-12-8-10-13(11-9-12)18(3)15-7-5-6-14(16-2)17-15/h5-7,12-13H,4,8-11H2,1-3H3,(H,16,17). The van der Waals surface area contributed by atoms with Crippen molar-refractivity contribution in [1.82, 2.24) is 4.98 Å². The quantitative estimate of drug-likeness (QED) is 0.882. The maximum Gasteiger partial charge on any atom is 0.130 e. The van der Waals surface area contributed by atoms with E-state index in [0.29, 0.717) is 6.04 Å². The molecule has 1 heterocycles. The number of hydrogen-bond donors (Lipinski definition) is 1. The van der Waals surface area contributed by atoms with E-state index in [4.69, 9.17) is 0 Å². The predicted octanol–water partition coefficient (Wildman–Crippen LogP) is 3.53. The molecule has 1 fully saturated rings. The van der Waals surface area contributed by atoms with Crippen LogP contribution >= 0.6 is 0 Å². The Hall–Kier alpha value is -1.25. The van der Waals surface area contributed by atoms with E-state index >= 15 is 0 Å². The molecule has 1 aromatic heterocycles. The van der Waals surface area contributed by atoms with Crippen LogP contribution in [0.2, 0.25) is 0 Å². The van der Waals surface area contributed by atoms with Gasteiger partial charge in [0.25, 0.3) is 0 Å². The summed E-state index contributed by atoms with van der Waals surface area (Å²) in [6.45, 7) is 2.31. The monoisotopic (exact) mass is 247 g/mol. The van der Waals surface area contributed by atoms with Crippen LogP contribution in [0.3, 0.4) is 0 Å². The van der Waals surface area contributed by atoms with E-state index in [-0.39, 0.29) is 0 Å². The third-order valence-electron chi connectivity index (χ3n) is 4.29. The van der Waals surface area contributed by atoms with Gasteiger partial charge in [-0.3, -0.25) is 0 Å². The number of anilines is 2. The van der Waals surface area contributed by atoms with Crippen LogP contribution in [0.25, 0.3) is 0 Å². The number of nitrogens with zero attached hydrogens (tertiary/aromatic N) is 2. The van der Waals surface area contributed by atoms with E-state index in [9.17, 15) is 0 Å². The van der Waals surface area contributed by atoms with Gasteiger partial charge in [-0.05, 0) is 43.7 Å². The highest BCUT2D eigenvalue weighted by Crippen LogP contribution is 2.30. The van der Waals surface area contributed by atoms with Crippen molar-refractivity contribution in [1.29, 1.82) is 0 Å². The molecule has 1 aliphatic rings. The van der Waals surface area contributed by atoms with Gasteiger partial charge in [0.15, 0.2) is 0 Å². The van der Waals surface area contributed by atoms with Gasteiger partial charge in [-0.25, -0.2) is 4.98 Å². The van der Waals surface area contributed by atoms with E-state index in [1.165, 1.54) is 32.1 Å².